The van der Waals surface area contributed by atoms with Crippen molar-refractivity contribution in [2.75, 3.05) is 11.9 Å². The molecule has 1 aromatic heterocycles. The Hall–Kier alpha value is -4.34. The van der Waals surface area contributed by atoms with E-state index in [0.717, 1.165) is 11.1 Å². The van der Waals surface area contributed by atoms with Gasteiger partial charge in [-0.05, 0) is 11.6 Å². The summed E-state index contributed by atoms with van der Waals surface area (Å²) in [4.78, 5) is 17.5. The van der Waals surface area contributed by atoms with Gasteiger partial charge in [0, 0.05) is 21.7 Å². The molecule has 1 heterocycles. The zero-order valence-electron chi connectivity index (χ0n) is 17.4. The van der Waals surface area contributed by atoms with Gasteiger partial charge in [0.2, 0.25) is 5.88 Å². The molecule has 7 heteroatoms. The highest BCUT2D eigenvalue weighted by molar-refractivity contribution is 6.33. The third-order valence-electron chi connectivity index (χ3n) is 4.74. The molecule has 0 saturated carbocycles. The van der Waals surface area contributed by atoms with Crippen molar-refractivity contribution >= 4 is 29.6 Å². The van der Waals surface area contributed by atoms with Gasteiger partial charge >= 0.3 is 0 Å². The lowest BCUT2D eigenvalue weighted by Gasteiger charge is -2.03. The molecular formula is C26H18ClN3O3. The largest absolute Gasteiger partial charge is 0.438 e. The maximum absolute atomic E-state index is 12.4. The van der Waals surface area contributed by atoms with Crippen LogP contribution in [0.5, 0.6) is 0 Å². The normalized spacial score (nSPS) is 10.7. The standard InChI is InChI=1S/C26H18ClN3O3/c27-22-14-8-7-13-20(22)16-29-32-17-23(31)30-26-21(15-28)24(18-9-3-1-4-10-18)25(33-26)19-11-5-2-6-12-19/h1-14,16H,17H2,(H,30,31)/b29-16-. The lowest BCUT2D eigenvalue weighted by molar-refractivity contribution is -0.120. The van der Waals surface area contributed by atoms with E-state index in [0.29, 0.717) is 21.9 Å². The summed E-state index contributed by atoms with van der Waals surface area (Å²) in [7, 11) is 0. The number of nitrogens with zero attached hydrogens (tertiary/aromatic N) is 2. The number of rotatable bonds is 7. The van der Waals surface area contributed by atoms with E-state index in [4.69, 9.17) is 20.9 Å². The first-order chi connectivity index (χ1) is 16.2. The molecule has 0 aliphatic rings. The molecule has 33 heavy (non-hydrogen) atoms. The summed E-state index contributed by atoms with van der Waals surface area (Å²) >= 11 is 6.06. The van der Waals surface area contributed by atoms with Gasteiger partial charge in [-0.15, -0.1) is 0 Å². The van der Waals surface area contributed by atoms with Crippen LogP contribution >= 0.6 is 11.6 Å². The number of hydrogen-bond acceptors (Lipinski definition) is 5. The van der Waals surface area contributed by atoms with Gasteiger partial charge in [0.15, 0.2) is 6.61 Å². The first-order valence-electron chi connectivity index (χ1n) is 10.0. The van der Waals surface area contributed by atoms with Crippen molar-refractivity contribution in [3.05, 3.63) is 101 Å². The second-order valence-electron chi connectivity index (χ2n) is 6.93. The molecule has 4 rings (SSSR count). The summed E-state index contributed by atoms with van der Waals surface area (Å²) in [6.45, 7) is -0.367. The summed E-state index contributed by atoms with van der Waals surface area (Å²) in [5.41, 5.74) is 3.09. The van der Waals surface area contributed by atoms with Crippen molar-refractivity contribution in [1.82, 2.24) is 0 Å². The highest BCUT2D eigenvalue weighted by Gasteiger charge is 2.24. The predicted molar refractivity (Wildman–Crippen MR) is 128 cm³/mol. The Morgan fingerprint density at radius 3 is 2.30 bits per heavy atom. The summed E-state index contributed by atoms with van der Waals surface area (Å²) in [5, 5.41) is 16.8. The molecule has 1 N–H and O–H groups in total. The van der Waals surface area contributed by atoms with Crippen LogP contribution in [0, 0.1) is 11.3 Å². The number of nitrogens with one attached hydrogen (secondary N) is 1. The Labute approximate surface area is 195 Å². The fourth-order valence-electron chi connectivity index (χ4n) is 3.23. The van der Waals surface area contributed by atoms with Gasteiger partial charge in [0.25, 0.3) is 5.91 Å². The molecule has 0 bridgehead atoms. The van der Waals surface area contributed by atoms with Crippen LogP contribution in [0.1, 0.15) is 11.1 Å². The summed E-state index contributed by atoms with van der Waals surface area (Å²) in [6.07, 6.45) is 1.42. The zero-order chi connectivity index (χ0) is 23.0. The molecule has 1 amide bonds. The fourth-order valence-corrected chi connectivity index (χ4v) is 3.42. The predicted octanol–water partition coefficient (Wildman–Crippen LogP) is 6.13. The van der Waals surface area contributed by atoms with Crippen LogP contribution in [-0.2, 0) is 9.63 Å². The van der Waals surface area contributed by atoms with Crippen molar-refractivity contribution in [1.29, 1.82) is 5.26 Å². The number of amides is 1. The summed E-state index contributed by atoms with van der Waals surface area (Å²) in [6, 6.07) is 28.1. The van der Waals surface area contributed by atoms with Gasteiger partial charge in [0.1, 0.15) is 17.4 Å². The smallest absolute Gasteiger partial charge is 0.267 e. The van der Waals surface area contributed by atoms with Crippen molar-refractivity contribution in [3.8, 4) is 28.5 Å². The molecule has 0 spiro atoms. The van der Waals surface area contributed by atoms with E-state index in [1.165, 1.54) is 6.21 Å². The zero-order valence-corrected chi connectivity index (χ0v) is 18.1. The van der Waals surface area contributed by atoms with Gasteiger partial charge in [0.05, 0.1) is 6.21 Å². The minimum atomic E-state index is -0.518. The Bertz CT molecular complexity index is 1330. The van der Waals surface area contributed by atoms with E-state index in [9.17, 15) is 10.1 Å². The third-order valence-corrected chi connectivity index (χ3v) is 5.08. The minimum absolute atomic E-state index is 0.0545. The second kappa shape index (κ2) is 10.3. The van der Waals surface area contributed by atoms with Crippen LogP contribution < -0.4 is 5.32 Å². The van der Waals surface area contributed by atoms with Gasteiger partial charge in [-0.1, -0.05) is 95.6 Å². The van der Waals surface area contributed by atoms with E-state index in [1.807, 2.05) is 66.7 Å². The number of anilines is 1. The van der Waals surface area contributed by atoms with Gasteiger partial charge in [-0.3, -0.25) is 10.1 Å². The number of carbonyl (C=O) groups is 1. The highest BCUT2D eigenvalue weighted by Crippen LogP contribution is 2.41. The SMILES string of the molecule is N#Cc1c(NC(=O)CO/N=C\c2ccccc2Cl)oc(-c2ccccc2)c1-c1ccccc1. The molecule has 0 fully saturated rings. The highest BCUT2D eigenvalue weighted by atomic mass is 35.5. The van der Waals surface area contributed by atoms with Crippen molar-refractivity contribution in [3.63, 3.8) is 0 Å². The van der Waals surface area contributed by atoms with E-state index < -0.39 is 5.91 Å². The number of nitriles is 1. The number of oxime groups is 1. The molecule has 0 aliphatic heterocycles. The van der Waals surface area contributed by atoms with E-state index in [-0.39, 0.29) is 18.1 Å². The summed E-state index contributed by atoms with van der Waals surface area (Å²) in [5.74, 6) is 0.0287. The fraction of sp³-hybridized carbons (Fsp3) is 0.0385. The van der Waals surface area contributed by atoms with E-state index in [2.05, 4.69) is 16.5 Å². The third kappa shape index (κ3) is 5.12. The topological polar surface area (TPSA) is 87.6 Å². The van der Waals surface area contributed by atoms with Gasteiger partial charge < -0.3 is 9.25 Å². The molecule has 3 aromatic carbocycles. The molecule has 0 radical (unpaired) electrons. The molecule has 162 valence electrons. The van der Waals surface area contributed by atoms with Crippen LogP contribution in [0.4, 0.5) is 5.88 Å². The van der Waals surface area contributed by atoms with E-state index >= 15 is 0 Å². The number of halogens is 1. The number of furan rings is 1. The van der Waals surface area contributed by atoms with Gasteiger partial charge in [-0.25, -0.2) is 0 Å². The molecule has 0 unspecified atom stereocenters. The number of carbonyl (C=O) groups excluding carboxylic acids is 1. The molecule has 4 aromatic rings. The average molecular weight is 456 g/mol. The number of hydrogen-bond donors (Lipinski definition) is 1. The molecule has 6 nitrogen and oxygen atoms in total. The van der Waals surface area contributed by atoms with Crippen LogP contribution in [0.3, 0.4) is 0 Å². The Balaban J connectivity index is 1.56. The maximum Gasteiger partial charge on any atom is 0.267 e. The van der Waals surface area contributed by atoms with Crippen LogP contribution in [0.2, 0.25) is 5.02 Å². The first-order valence-corrected chi connectivity index (χ1v) is 10.4. The molecule has 0 saturated heterocycles. The summed E-state index contributed by atoms with van der Waals surface area (Å²) < 4.78 is 5.97. The maximum atomic E-state index is 12.4. The molecular weight excluding hydrogens is 438 g/mol. The van der Waals surface area contributed by atoms with Gasteiger partial charge in [-0.2, -0.15) is 5.26 Å². The van der Waals surface area contributed by atoms with Crippen LogP contribution in [0.15, 0.2) is 94.5 Å². The lowest BCUT2D eigenvalue weighted by Crippen LogP contribution is -2.17. The van der Waals surface area contributed by atoms with E-state index in [1.54, 1.807) is 18.2 Å². The Kier molecular flexibility index (Phi) is 6.84. The van der Waals surface area contributed by atoms with Crippen molar-refractivity contribution in [2.24, 2.45) is 5.16 Å². The Morgan fingerprint density at radius 1 is 1.00 bits per heavy atom. The first kappa shape index (κ1) is 21.9. The second-order valence-corrected chi connectivity index (χ2v) is 7.34. The molecule has 0 aliphatic carbocycles. The van der Waals surface area contributed by atoms with Crippen molar-refractivity contribution in [2.45, 2.75) is 0 Å². The monoisotopic (exact) mass is 455 g/mol. The quantitative estimate of drug-likeness (QED) is 0.268. The average Bonchev–Trinajstić information content (AvgIpc) is 3.22. The minimum Gasteiger partial charge on any atom is -0.438 e. The lowest BCUT2D eigenvalue weighted by atomic mass is 9.98. The van der Waals surface area contributed by atoms with Crippen LogP contribution in [0.25, 0.3) is 22.5 Å². The molecule has 0 atom stereocenters. The Morgan fingerprint density at radius 2 is 1.64 bits per heavy atom. The van der Waals surface area contributed by atoms with Crippen molar-refractivity contribution < 1.29 is 14.0 Å². The van der Waals surface area contributed by atoms with Crippen LogP contribution in [-0.4, -0.2) is 18.7 Å². The number of benzene rings is 3.